The van der Waals surface area contributed by atoms with Crippen LogP contribution in [0.3, 0.4) is 0 Å². The van der Waals surface area contributed by atoms with E-state index in [2.05, 4.69) is 0 Å². The van der Waals surface area contributed by atoms with E-state index in [0.717, 1.165) is 30.7 Å². The van der Waals surface area contributed by atoms with Gasteiger partial charge in [-0.15, -0.1) is 0 Å². The third kappa shape index (κ3) is 4.41. The molecule has 5 heteroatoms. The van der Waals surface area contributed by atoms with Crippen molar-refractivity contribution in [1.29, 1.82) is 0 Å². The van der Waals surface area contributed by atoms with Gasteiger partial charge in [0, 0.05) is 36.0 Å². The van der Waals surface area contributed by atoms with Crippen LogP contribution in [-0.2, 0) is 29.4 Å². The number of benzene rings is 1. The number of carbonyl (C=O) groups excluding carboxylic acids is 3. The molecular formula is C23H27NO4. The number of hydrogen-bond acceptors (Lipinski definition) is 4. The molecule has 0 fully saturated rings. The van der Waals surface area contributed by atoms with Gasteiger partial charge in [-0.3, -0.25) is 14.4 Å². The predicted molar refractivity (Wildman–Crippen MR) is 107 cm³/mol. The van der Waals surface area contributed by atoms with E-state index in [1.807, 2.05) is 43.7 Å². The number of aryl methyl sites for hydroxylation is 3. The minimum Gasteiger partial charge on any atom is -0.457 e. The van der Waals surface area contributed by atoms with Gasteiger partial charge in [-0.2, -0.15) is 0 Å². The second kappa shape index (κ2) is 8.55. The van der Waals surface area contributed by atoms with Crippen molar-refractivity contribution in [3.63, 3.8) is 0 Å². The van der Waals surface area contributed by atoms with Crippen LogP contribution in [0.4, 0.5) is 0 Å². The fourth-order valence-electron chi connectivity index (χ4n) is 3.70. The van der Waals surface area contributed by atoms with E-state index in [4.69, 9.17) is 4.74 Å². The van der Waals surface area contributed by atoms with Crippen LogP contribution in [0.5, 0.6) is 0 Å². The Hall–Kier alpha value is -2.69. The summed E-state index contributed by atoms with van der Waals surface area (Å²) in [6.07, 6.45) is 4.52. The molecule has 0 bridgehead atoms. The minimum atomic E-state index is -0.523. The predicted octanol–water partition coefficient (Wildman–Crippen LogP) is 3.91. The van der Waals surface area contributed by atoms with Crippen LogP contribution < -0.4 is 0 Å². The number of ether oxygens (including phenoxy) is 1. The van der Waals surface area contributed by atoms with Crippen molar-refractivity contribution in [2.24, 2.45) is 7.05 Å². The highest BCUT2D eigenvalue weighted by Gasteiger charge is 2.17. The van der Waals surface area contributed by atoms with E-state index in [-0.39, 0.29) is 31.0 Å². The van der Waals surface area contributed by atoms with E-state index in [1.54, 1.807) is 6.07 Å². The zero-order valence-electron chi connectivity index (χ0n) is 16.8. The number of esters is 1. The maximum Gasteiger partial charge on any atom is 0.306 e. The number of fused-ring (bicyclic) bond motifs is 1. The van der Waals surface area contributed by atoms with E-state index >= 15 is 0 Å². The van der Waals surface area contributed by atoms with Crippen molar-refractivity contribution in [2.45, 2.75) is 52.4 Å². The van der Waals surface area contributed by atoms with Crippen LogP contribution in [0.25, 0.3) is 0 Å². The van der Waals surface area contributed by atoms with Gasteiger partial charge in [-0.05, 0) is 62.8 Å². The number of Topliss-reactive ketones (excluding diaryl/α,β-unsaturated/α-hetero) is 2. The Morgan fingerprint density at radius 2 is 1.68 bits per heavy atom. The lowest BCUT2D eigenvalue weighted by Gasteiger charge is -2.16. The summed E-state index contributed by atoms with van der Waals surface area (Å²) in [5.41, 5.74) is 5.62. The summed E-state index contributed by atoms with van der Waals surface area (Å²) in [4.78, 5) is 36.6. The summed E-state index contributed by atoms with van der Waals surface area (Å²) in [6.45, 7) is 3.48. The zero-order chi connectivity index (χ0) is 20.3. The number of ketones is 2. The number of aromatic nitrogens is 1. The first-order chi connectivity index (χ1) is 13.4. The first kappa shape index (κ1) is 20.1. The molecule has 0 spiro atoms. The van der Waals surface area contributed by atoms with Crippen LogP contribution in [0.1, 0.15) is 68.9 Å². The van der Waals surface area contributed by atoms with Gasteiger partial charge in [0.15, 0.2) is 12.4 Å². The second-order valence-corrected chi connectivity index (χ2v) is 7.54. The molecule has 5 nitrogen and oxygen atoms in total. The molecule has 2 aromatic rings. The fourth-order valence-corrected chi connectivity index (χ4v) is 3.70. The SMILES string of the molecule is Cc1cc(C(=O)COC(=O)CCC(=O)c2ccc3c(c2)CCCC3)c(C)n1C. The summed E-state index contributed by atoms with van der Waals surface area (Å²) in [6, 6.07) is 7.64. The Morgan fingerprint density at radius 1 is 0.964 bits per heavy atom. The van der Waals surface area contributed by atoms with Gasteiger partial charge in [-0.1, -0.05) is 12.1 Å². The van der Waals surface area contributed by atoms with Gasteiger partial charge < -0.3 is 9.30 Å². The summed E-state index contributed by atoms with van der Waals surface area (Å²) in [5, 5.41) is 0. The topological polar surface area (TPSA) is 65.4 Å². The average Bonchev–Trinajstić information content (AvgIpc) is 2.97. The highest BCUT2D eigenvalue weighted by atomic mass is 16.5. The van der Waals surface area contributed by atoms with Crippen LogP contribution in [0.2, 0.25) is 0 Å². The molecule has 0 radical (unpaired) electrons. The number of carbonyl (C=O) groups is 3. The quantitative estimate of drug-likeness (QED) is 0.539. The Morgan fingerprint density at radius 3 is 2.36 bits per heavy atom. The molecule has 0 atom stereocenters. The molecule has 1 aliphatic carbocycles. The van der Waals surface area contributed by atoms with Gasteiger partial charge in [0.05, 0.1) is 6.42 Å². The number of hydrogen-bond donors (Lipinski definition) is 0. The Labute approximate surface area is 165 Å². The second-order valence-electron chi connectivity index (χ2n) is 7.54. The summed E-state index contributed by atoms with van der Waals surface area (Å²) < 4.78 is 7.01. The van der Waals surface area contributed by atoms with Crippen LogP contribution in [0.15, 0.2) is 24.3 Å². The molecule has 0 N–H and O–H groups in total. The van der Waals surface area contributed by atoms with Crippen molar-refractivity contribution in [3.8, 4) is 0 Å². The molecule has 28 heavy (non-hydrogen) atoms. The van der Waals surface area contributed by atoms with Crippen molar-refractivity contribution in [1.82, 2.24) is 4.57 Å². The van der Waals surface area contributed by atoms with Crippen LogP contribution in [-0.4, -0.2) is 28.7 Å². The Bertz CT molecular complexity index is 923. The summed E-state index contributed by atoms with van der Waals surface area (Å²) >= 11 is 0. The lowest BCUT2D eigenvalue weighted by atomic mass is 9.89. The normalized spacial score (nSPS) is 13.1. The summed E-state index contributed by atoms with van der Waals surface area (Å²) in [7, 11) is 1.89. The molecule has 0 aliphatic heterocycles. The van der Waals surface area contributed by atoms with E-state index < -0.39 is 5.97 Å². The average molecular weight is 381 g/mol. The fraction of sp³-hybridized carbons (Fsp3) is 0.435. The third-order valence-corrected chi connectivity index (χ3v) is 5.67. The highest BCUT2D eigenvalue weighted by Crippen LogP contribution is 2.23. The van der Waals surface area contributed by atoms with E-state index in [9.17, 15) is 14.4 Å². The minimum absolute atomic E-state index is 0.0179. The Kier molecular flexibility index (Phi) is 6.12. The largest absolute Gasteiger partial charge is 0.457 e. The molecule has 1 aliphatic rings. The van der Waals surface area contributed by atoms with E-state index in [0.29, 0.717) is 11.1 Å². The van der Waals surface area contributed by atoms with Gasteiger partial charge in [0.1, 0.15) is 0 Å². The zero-order valence-corrected chi connectivity index (χ0v) is 16.8. The monoisotopic (exact) mass is 381 g/mol. The highest BCUT2D eigenvalue weighted by molar-refractivity contribution is 6.00. The molecule has 148 valence electrons. The van der Waals surface area contributed by atoms with Gasteiger partial charge in [-0.25, -0.2) is 0 Å². The van der Waals surface area contributed by atoms with Gasteiger partial charge >= 0.3 is 5.97 Å². The first-order valence-corrected chi connectivity index (χ1v) is 9.83. The molecule has 0 amide bonds. The van der Waals surface area contributed by atoms with Crippen molar-refractivity contribution >= 4 is 17.5 Å². The van der Waals surface area contributed by atoms with Crippen LogP contribution in [0, 0.1) is 13.8 Å². The van der Waals surface area contributed by atoms with Gasteiger partial charge in [0.2, 0.25) is 5.78 Å². The molecule has 1 aromatic carbocycles. The smallest absolute Gasteiger partial charge is 0.306 e. The maximum atomic E-state index is 12.4. The lowest BCUT2D eigenvalue weighted by molar-refractivity contribution is -0.142. The maximum absolute atomic E-state index is 12.4. The first-order valence-electron chi connectivity index (χ1n) is 9.83. The third-order valence-electron chi connectivity index (χ3n) is 5.67. The molecular weight excluding hydrogens is 354 g/mol. The van der Waals surface area contributed by atoms with Crippen molar-refractivity contribution in [2.75, 3.05) is 6.61 Å². The van der Waals surface area contributed by atoms with E-state index in [1.165, 1.54) is 17.5 Å². The lowest BCUT2D eigenvalue weighted by Crippen LogP contribution is -2.15. The molecule has 0 unspecified atom stereocenters. The standard InChI is InChI=1S/C23H27NO4/c1-15-12-20(16(2)24(15)3)22(26)14-28-23(27)11-10-21(25)19-9-8-17-6-4-5-7-18(17)13-19/h8-9,12-13H,4-7,10-11,14H2,1-3H3. The molecule has 1 aromatic heterocycles. The molecule has 0 saturated carbocycles. The molecule has 0 saturated heterocycles. The van der Waals surface area contributed by atoms with Crippen LogP contribution >= 0.6 is 0 Å². The molecule has 3 rings (SSSR count). The van der Waals surface area contributed by atoms with Crippen molar-refractivity contribution < 1.29 is 19.1 Å². The summed E-state index contributed by atoms with van der Waals surface area (Å²) in [5.74, 6) is -0.813. The number of rotatable bonds is 7. The number of nitrogens with zero attached hydrogens (tertiary/aromatic N) is 1. The Balaban J connectivity index is 1.49. The van der Waals surface area contributed by atoms with Gasteiger partial charge in [0.25, 0.3) is 0 Å². The van der Waals surface area contributed by atoms with Crippen molar-refractivity contribution in [3.05, 3.63) is 57.9 Å². The molecule has 1 heterocycles.